The van der Waals surface area contributed by atoms with Crippen molar-refractivity contribution in [1.82, 2.24) is 9.78 Å². The number of carboxylic acid groups (broad SMARTS) is 1. The van der Waals surface area contributed by atoms with Gasteiger partial charge in [0.2, 0.25) is 0 Å². The molecule has 188 valence electrons. The second kappa shape index (κ2) is 9.20. The van der Waals surface area contributed by atoms with E-state index in [1.165, 1.54) is 27.9 Å². The summed E-state index contributed by atoms with van der Waals surface area (Å²) in [7, 11) is 0. The normalized spacial score (nSPS) is 14.6. The number of aromatic hydroxyl groups is 1. The molecule has 1 aliphatic carbocycles. The quantitative estimate of drug-likeness (QED) is 0.270. The molecule has 8 heteroatoms. The van der Waals surface area contributed by atoms with Crippen LogP contribution in [0.1, 0.15) is 53.9 Å². The molecule has 0 saturated heterocycles. The summed E-state index contributed by atoms with van der Waals surface area (Å²) < 4.78 is 1.47. The Morgan fingerprint density at radius 3 is 2.62 bits per heavy atom. The minimum Gasteiger partial charge on any atom is -0.505 e. The van der Waals surface area contributed by atoms with Crippen LogP contribution in [-0.2, 0) is 11.8 Å². The lowest BCUT2D eigenvalue weighted by molar-refractivity contribution is 0.0697. The van der Waals surface area contributed by atoms with E-state index in [-0.39, 0.29) is 33.7 Å². The number of phenolic OH excluding ortho intramolecular Hbond substituents is 1. The molecular formula is C29H28N4O4. The fraction of sp³-hybridized carbons (Fsp3) is 0.241. The van der Waals surface area contributed by atoms with Gasteiger partial charge in [-0.15, -0.1) is 10.2 Å². The van der Waals surface area contributed by atoms with Gasteiger partial charge in [-0.2, -0.15) is 0 Å². The number of nitrogens with zero attached hydrogens (tertiary/aromatic N) is 3. The first-order valence-electron chi connectivity index (χ1n) is 12.2. The number of aromatic nitrogens is 2. The van der Waals surface area contributed by atoms with Gasteiger partial charge in [-0.05, 0) is 78.6 Å². The van der Waals surface area contributed by atoms with Crippen molar-refractivity contribution in [2.45, 2.75) is 45.4 Å². The maximum atomic E-state index is 13.3. The van der Waals surface area contributed by atoms with Gasteiger partial charge in [0.15, 0.2) is 11.4 Å². The summed E-state index contributed by atoms with van der Waals surface area (Å²) in [5.41, 5.74) is 4.95. The Morgan fingerprint density at radius 1 is 1.05 bits per heavy atom. The molecule has 3 N–H and O–H groups in total. The third kappa shape index (κ3) is 4.46. The van der Waals surface area contributed by atoms with Gasteiger partial charge in [-0.25, -0.2) is 9.48 Å². The van der Waals surface area contributed by atoms with E-state index in [0.29, 0.717) is 16.8 Å². The van der Waals surface area contributed by atoms with Crippen molar-refractivity contribution in [2.24, 2.45) is 10.2 Å². The Hall–Kier alpha value is -4.46. The fourth-order valence-corrected chi connectivity index (χ4v) is 5.01. The van der Waals surface area contributed by atoms with Crippen molar-refractivity contribution in [1.29, 1.82) is 0 Å². The average molecular weight is 497 g/mol. The van der Waals surface area contributed by atoms with E-state index >= 15 is 0 Å². The number of phenols is 1. The Balaban J connectivity index is 1.49. The monoisotopic (exact) mass is 496 g/mol. The van der Waals surface area contributed by atoms with Gasteiger partial charge in [0.05, 0.1) is 16.9 Å². The molecule has 1 aromatic heterocycles. The molecule has 0 bridgehead atoms. The number of para-hydroxylation sites is 1. The van der Waals surface area contributed by atoms with E-state index in [4.69, 9.17) is 0 Å². The van der Waals surface area contributed by atoms with E-state index < -0.39 is 5.97 Å². The van der Waals surface area contributed by atoms with Gasteiger partial charge in [0.25, 0.3) is 5.56 Å². The number of H-pyrrole nitrogens is 1. The number of fused-ring (bicyclic) bond motifs is 1. The third-order valence-corrected chi connectivity index (χ3v) is 7.06. The standard InChI is InChI=1S/C29H28N4O4/c1-17-25(27(35)33(32-17)21-13-12-18-9-6-14-29(2,3)23(18)16-21)31-30-24-11-5-10-22(26(24)34)19-7-4-8-20(15-19)28(36)37/h4-5,7-8,10-13,15-16,32,34H,6,9,14H2,1-3H3,(H,36,37). The first-order chi connectivity index (χ1) is 17.7. The minimum atomic E-state index is -1.06. The summed E-state index contributed by atoms with van der Waals surface area (Å²) in [5, 5.41) is 31.6. The average Bonchev–Trinajstić information content (AvgIpc) is 3.16. The van der Waals surface area contributed by atoms with Gasteiger partial charge < -0.3 is 10.2 Å². The van der Waals surface area contributed by atoms with Crippen LogP contribution in [0.2, 0.25) is 0 Å². The van der Waals surface area contributed by atoms with Crippen LogP contribution >= 0.6 is 0 Å². The molecule has 0 aliphatic heterocycles. The van der Waals surface area contributed by atoms with Crippen LogP contribution < -0.4 is 5.56 Å². The van der Waals surface area contributed by atoms with Gasteiger partial charge >= 0.3 is 5.97 Å². The molecule has 0 unspecified atom stereocenters. The Labute approximate surface area is 213 Å². The van der Waals surface area contributed by atoms with Crippen molar-refractivity contribution in [3.8, 4) is 22.6 Å². The summed E-state index contributed by atoms with van der Waals surface area (Å²) in [6.45, 7) is 6.22. The van der Waals surface area contributed by atoms with Crippen LogP contribution in [0, 0.1) is 6.92 Å². The van der Waals surface area contributed by atoms with E-state index in [1.54, 1.807) is 37.3 Å². The van der Waals surface area contributed by atoms with Crippen LogP contribution in [0.25, 0.3) is 16.8 Å². The van der Waals surface area contributed by atoms with Crippen LogP contribution in [0.15, 0.2) is 75.7 Å². The molecule has 3 aromatic carbocycles. The molecule has 0 amide bonds. The number of hydrogen-bond acceptors (Lipinski definition) is 5. The molecule has 1 aliphatic rings. The Kier molecular flexibility index (Phi) is 6.03. The zero-order chi connectivity index (χ0) is 26.3. The summed E-state index contributed by atoms with van der Waals surface area (Å²) in [5.74, 6) is -1.21. The highest BCUT2D eigenvalue weighted by Crippen LogP contribution is 2.39. The van der Waals surface area contributed by atoms with Gasteiger partial charge in [0, 0.05) is 5.56 Å². The topological polar surface area (TPSA) is 120 Å². The molecule has 0 saturated carbocycles. The molecule has 1 heterocycles. The third-order valence-electron chi connectivity index (χ3n) is 7.06. The lowest BCUT2D eigenvalue weighted by Gasteiger charge is -2.32. The zero-order valence-electron chi connectivity index (χ0n) is 20.9. The van der Waals surface area contributed by atoms with Crippen LogP contribution in [-0.4, -0.2) is 26.0 Å². The number of azo groups is 1. The molecular weight excluding hydrogens is 468 g/mol. The molecule has 0 atom stereocenters. The van der Waals surface area contributed by atoms with Gasteiger partial charge in [-0.1, -0.05) is 44.2 Å². The number of rotatable bonds is 5. The molecule has 5 rings (SSSR count). The fourth-order valence-electron chi connectivity index (χ4n) is 5.01. The number of aryl methyl sites for hydroxylation is 2. The molecule has 37 heavy (non-hydrogen) atoms. The van der Waals surface area contributed by atoms with E-state index in [9.17, 15) is 19.8 Å². The number of nitrogens with one attached hydrogen (secondary N) is 1. The largest absolute Gasteiger partial charge is 0.505 e. The number of hydrogen-bond donors (Lipinski definition) is 3. The summed E-state index contributed by atoms with van der Waals surface area (Å²) in [6, 6.07) is 17.3. The van der Waals surface area contributed by atoms with Crippen LogP contribution in [0.4, 0.5) is 11.4 Å². The molecule has 8 nitrogen and oxygen atoms in total. The smallest absolute Gasteiger partial charge is 0.335 e. The lowest BCUT2D eigenvalue weighted by atomic mass is 9.73. The summed E-state index contributed by atoms with van der Waals surface area (Å²) in [4.78, 5) is 24.6. The predicted octanol–water partition coefficient (Wildman–Crippen LogP) is 6.57. The highest BCUT2D eigenvalue weighted by Gasteiger charge is 2.28. The van der Waals surface area contributed by atoms with Gasteiger partial charge in [0.1, 0.15) is 5.69 Å². The van der Waals surface area contributed by atoms with Crippen molar-refractivity contribution >= 4 is 17.3 Å². The van der Waals surface area contributed by atoms with Crippen LogP contribution in [0.5, 0.6) is 5.75 Å². The maximum Gasteiger partial charge on any atom is 0.335 e. The minimum absolute atomic E-state index is 0.0455. The summed E-state index contributed by atoms with van der Waals surface area (Å²) >= 11 is 0. The Bertz CT molecular complexity index is 1610. The Morgan fingerprint density at radius 2 is 1.84 bits per heavy atom. The summed E-state index contributed by atoms with van der Waals surface area (Å²) in [6.07, 6.45) is 3.30. The van der Waals surface area contributed by atoms with Crippen LogP contribution in [0.3, 0.4) is 0 Å². The number of carboxylic acids is 1. The first kappa shape index (κ1) is 24.2. The molecule has 0 radical (unpaired) electrons. The van der Waals surface area contributed by atoms with Crippen molar-refractivity contribution < 1.29 is 15.0 Å². The SMILES string of the molecule is Cc1[nH]n(-c2ccc3c(c2)C(C)(C)CCC3)c(=O)c1N=Nc1cccc(-c2cccc(C(=O)O)c2)c1O. The van der Waals surface area contributed by atoms with E-state index in [0.717, 1.165) is 24.9 Å². The second-order valence-corrected chi connectivity index (χ2v) is 10.1. The first-order valence-corrected chi connectivity index (χ1v) is 12.2. The van der Waals surface area contributed by atoms with Crippen molar-refractivity contribution in [3.05, 3.63) is 93.4 Å². The number of aromatic carboxylic acids is 1. The number of aromatic amines is 1. The second-order valence-electron chi connectivity index (χ2n) is 10.1. The highest BCUT2D eigenvalue weighted by molar-refractivity contribution is 5.90. The van der Waals surface area contributed by atoms with Gasteiger partial charge in [-0.3, -0.25) is 9.89 Å². The lowest BCUT2D eigenvalue weighted by Crippen LogP contribution is -2.24. The van der Waals surface area contributed by atoms with Crippen molar-refractivity contribution in [3.63, 3.8) is 0 Å². The number of benzene rings is 3. The van der Waals surface area contributed by atoms with E-state index in [2.05, 4.69) is 41.3 Å². The highest BCUT2D eigenvalue weighted by atomic mass is 16.4. The molecule has 0 fully saturated rings. The number of carbonyl (C=O) groups is 1. The maximum absolute atomic E-state index is 13.3. The molecule has 0 spiro atoms. The van der Waals surface area contributed by atoms with E-state index in [1.807, 2.05) is 6.07 Å². The predicted molar refractivity (Wildman–Crippen MR) is 142 cm³/mol. The molecule has 4 aromatic rings. The van der Waals surface area contributed by atoms with Crippen molar-refractivity contribution in [2.75, 3.05) is 0 Å². The zero-order valence-corrected chi connectivity index (χ0v) is 20.9.